The van der Waals surface area contributed by atoms with Crippen LogP contribution >= 0.6 is 0 Å². The summed E-state index contributed by atoms with van der Waals surface area (Å²) in [7, 11) is -0.861. The molecule has 5 rings (SSSR count). The van der Waals surface area contributed by atoms with Gasteiger partial charge in [-0.2, -0.15) is 0 Å². The first-order valence-corrected chi connectivity index (χ1v) is 14.1. The van der Waals surface area contributed by atoms with Crippen molar-refractivity contribution in [3.8, 4) is 11.5 Å². The lowest BCUT2D eigenvalue weighted by atomic mass is 9.95. The maximum Gasteiger partial charge on any atom is 0.295 e. The van der Waals surface area contributed by atoms with E-state index < -0.39 is 33.5 Å². The third kappa shape index (κ3) is 5.60. The molecule has 41 heavy (non-hydrogen) atoms. The van der Waals surface area contributed by atoms with Crippen LogP contribution in [-0.4, -0.2) is 53.5 Å². The van der Waals surface area contributed by atoms with Crippen molar-refractivity contribution < 1.29 is 27.9 Å². The van der Waals surface area contributed by atoms with Gasteiger partial charge in [0.2, 0.25) is 10.0 Å². The number of aliphatic hydroxyl groups excluding tert-OH is 1. The van der Waals surface area contributed by atoms with Crippen molar-refractivity contribution in [2.24, 2.45) is 0 Å². The number of aromatic nitrogens is 1. The van der Waals surface area contributed by atoms with Crippen molar-refractivity contribution in [1.82, 2.24) is 14.2 Å². The second kappa shape index (κ2) is 11.4. The molecule has 3 aromatic carbocycles. The number of amides is 1. The van der Waals surface area contributed by atoms with Gasteiger partial charge >= 0.3 is 0 Å². The van der Waals surface area contributed by atoms with E-state index in [1.54, 1.807) is 60.9 Å². The number of carbonyl (C=O) groups excluding carboxylic acids is 2. The molecule has 1 saturated heterocycles. The second-order valence-corrected chi connectivity index (χ2v) is 11.7. The van der Waals surface area contributed by atoms with Crippen molar-refractivity contribution in [3.05, 3.63) is 126 Å². The Bertz CT molecular complexity index is 1720. The molecular weight excluding hydrogens is 542 g/mol. The van der Waals surface area contributed by atoms with Crippen LogP contribution < -0.4 is 4.74 Å². The zero-order valence-corrected chi connectivity index (χ0v) is 23.2. The summed E-state index contributed by atoms with van der Waals surface area (Å²) in [6.07, 6.45) is 3.22. The van der Waals surface area contributed by atoms with Crippen LogP contribution in [0.2, 0.25) is 0 Å². The van der Waals surface area contributed by atoms with Gasteiger partial charge in [0, 0.05) is 38.6 Å². The number of para-hydroxylation sites is 1. The van der Waals surface area contributed by atoms with Gasteiger partial charge in [0.15, 0.2) is 0 Å². The average Bonchev–Trinajstić information content (AvgIpc) is 3.23. The van der Waals surface area contributed by atoms with Crippen LogP contribution in [0.4, 0.5) is 0 Å². The Morgan fingerprint density at radius 3 is 2.29 bits per heavy atom. The maximum absolute atomic E-state index is 13.4. The first-order valence-electron chi connectivity index (χ1n) is 12.7. The number of hydrogen-bond acceptors (Lipinski definition) is 7. The Morgan fingerprint density at radius 2 is 1.63 bits per heavy atom. The van der Waals surface area contributed by atoms with Crippen molar-refractivity contribution in [2.75, 3.05) is 14.1 Å². The van der Waals surface area contributed by atoms with E-state index in [9.17, 15) is 23.1 Å². The minimum absolute atomic E-state index is 0.0263. The molecule has 1 aromatic heterocycles. The predicted molar refractivity (Wildman–Crippen MR) is 152 cm³/mol. The number of Topliss-reactive ketones (excluding diaryl/α,β-unsaturated/α-hetero) is 1. The number of hydrogen-bond donors (Lipinski definition) is 1. The lowest BCUT2D eigenvalue weighted by molar-refractivity contribution is -0.140. The monoisotopic (exact) mass is 569 g/mol. The van der Waals surface area contributed by atoms with E-state index in [4.69, 9.17) is 4.74 Å². The number of sulfonamides is 1. The Labute approximate surface area is 238 Å². The molecule has 4 aromatic rings. The van der Waals surface area contributed by atoms with E-state index in [-0.39, 0.29) is 22.6 Å². The molecular formula is C31H27N3O6S. The Kier molecular flexibility index (Phi) is 7.69. The molecule has 1 amide bonds. The Morgan fingerprint density at radius 1 is 0.927 bits per heavy atom. The molecule has 1 N–H and O–H groups in total. The zero-order valence-electron chi connectivity index (χ0n) is 22.3. The van der Waals surface area contributed by atoms with Gasteiger partial charge < -0.3 is 14.7 Å². The number of benzene rings is 3. The highest BCUT2D eigenvalue weighted by molar-refractivity contribution is 7.89. The summed E-state index contributed by atoms with van der Waals surface area (Å²) < 4.78 is 32.1. The van der Waals surface area contributed by atoms with Crippen molar-refractivity contribution in [1.29, 1.82) is 0 Å². The minimum atomic E-state index is -3.70. The first kappa shape index (κ1) is 27.8. The lowest BCUT2D eigenvalue weighted by Crippen LogP contribution is -2.29. The Hall–Kier alpha value is -4.80. The number of pyridine rings is 1. The summed E-state index contributed by atoms with van der Waals surface area (Å²) in [6.45, 7) is 0.0731. The van der Waals surface area contributed by atoms with Gasteiger partial charge in [0.25, 0.3) is 11.7 Å². The highest BCUT2D eigenvalue weighted by Crippen LogP contribution is 2.41. The van der Waals surface area contributed by atoms with Crippen molar-refractivity contribution >= 4 is 27.5 Å². The van der Waals surface area contributed by atoms with Gasteiger partial charge in [-0.15, -0.1) is 0 Å². The van der Waals surface area contributed by atoms with E-state index in [2.05, 4.69) is 4.98 Å². The molecule has 0 saturated carbocycles. The standard InChI is InChI=1S/C31H27N3O6S/c1-33(2)41(38,39)26-15-13-22(14-16-26)29(35)27-28(34(31(37)30(27)36)20-21-8-7-17-32-19-21)23-9-6-12-25(18-23)40-24-10-4-3-5-11-24/h3-19,28,35H,20H2,1-2H3/b29-27-. The van der Waals surface area contributed by atoms with E-state index in [0.717, 1.165) is 4.31 Å². The fourth-order valence-electron chi connectivity index (χ4n) is 4.60. The number of ketones is 1. The van der Waals surface area contributed by atoms with Crippen LogP contribution in [0, 0.1) is 0 Å². The highest BCUT2D eigenvalue weighted by atomic mass is 32.2. The first-order chi connectivity index (χ1) is 19.7. The molecule has 1 aliphatic heterocycles. The fraction of sp³-hybridized carbons (Fsp3) is 0.129. The van der Waals surface area contributed by atoms with Gasteiger partial charge in [-0.25, -0.2) is 12.7 Å². The van der Waals surface area contributed by atoms with Crippen LogP contribution in [0.25, 0.3) is 5.76 Å². The van der Waals surface area contributed by atoms with Gasteiger partial charge in [-0.3, -0.25) is 14.6 Å². The summed E-state index contributed by atoms with van der Waals surface area (Å²) in [5, 5.41) is 11.4. The van der Waals surface area contributed by atoms with E-state index >= 15 is 0 Å². The van der Waals surface area contributed by atoms with Crippen molar-refractivity contribution in [3.63, 3.8) is 0 Å². The maximum atomic E-state index is 13.4. The van der Waals surface area contributed by atoms with Crippen molar-refractivity contribution in [2.45, 2.75) is 17.5 Å². The van der Waals surface area contributed by atoms with Gasteiger partial charge in [0.05, 0.1) is 16.5 Å². The van der Waals surface area contributed by atoms with Crippen LogP contribution in [0.5, 0.6) is 11.5 Å². The smallest absolute Gasteiger partial charge is 0.295 e. The molecule has 0 spiro atoms. The Balaban J connectivity index is 1.60. The quantitative estimate of drug-likeness (QED) is 0.185. The summed E-state index contributed by atoms with van der Waals surface area (Å²) in [5.74, 6) is -0.941. The lowest BCUT2D eigenvalue weighted by Gasteiger charge is -2.25. The van der Waals surface area contributed by atoms with Crippen LogP contribution in [-0.2, 0) is 26.2 Å². The van der Waals surface area contributed by atoms with Crippen LogP contribution in [0.15, 0.2) is 114 Å². The predicted octanol–water partition coefficient (Wildman–Crippen LogP) is 4.75. The van der Waals surface area contributed by atoms with E-state index in [1.807, 2.05) is 18.2 Å². The molecule has 2 heterocycles. The molecule has 1 fully saturated rings. The SMILES string of the molecule is CN(C)S(=O)(=O)c1ccc(/C(O)=C2/C(=O)C(=O)N(Cc3cccnc3)C2c2cccc(Oc3ccccc3)c2)cc1. The number of likely N-dealkylation sites (tertiary alicyclic amines) is 1. The largest absolute Gasteiger partial charge is 0.507 e. The number of carbonyl (C=O) groups is 2. The third-order valence-corrected chi connectivity index (χ3v) is 8.50. The molecule has 208 valence electrons. The van der Waals surface area contributed by atoms with Gasteiger partial charge in [-0.05, 0) is 65.7 Å². The topological polar surface area (TPSA) is 117 Å². The number of aliphatic hydroxyl groups is 1. The van der Waals surface area contributed by atoms with Gasteiger partial charge in [-0.1, -0.05) is 36.4 Å². The molecule has 1 unspecified atom stereocenters. The molecule has 9 nitrogen and oxygen atoms in total. The molecule has 1 aliphatic rings. The van der Waals surface area contributed by atoms with Crippen LogP contribution in [0.1, 0.15) is 22.7 Å². The molecule has 10 heteroatoms. The summed E-state index contributed by atoms with van der Waals surface area (Å²) in [5.41, 5.74) is 1.34. The summed E-state index contributed by atoms with van der Waals surface area (Å²) >= 11 is 0. The highest BCUT2D eigenvalue weighted by Gasteiger charge is 2.46. The zero-order chi connectivity index (χ0) is 29.1. The molecule has 1 atom stereocenters. The molecule has 0 radical (unpaired) electrons. The number of rotatable bonds is 8. The fourth-order valence-corrected chi connectivity index (χ4v) is 5.50. The normalized spacial score (nSPS) is 16.8. The number of nitrogens with zero attached hydrogens (tertiary/aromatic N) is 3. The summed E-state index contributed by atoms with van der Waals surface area (Å²) in [4.78, 5) is 32.3. The summed E-state index contributed by atoms with van der Waals surface area (Å²) in [6, 6.07) is 24.3. The average molecular weight is 570 g/mol. The van der Waals surface area contributed by atoms with Crippen LogP contribution in [0.3, 0.4) is 0 Å². The molecule has 0 aliphatic carbocycles. The minimum Gasteiger partial charge on any atom is -0.507 e. The number of ether oxygens (including phenoxy) is 1. The molecule has 0 bridgehead atoms. The van der Waals surface area contributed by atoms with E-state index in [1.165, 1.54) is 43.3 Å². The second-order valence-electron chi connectivity index (χ2n) is 9.59. The third-order valence-electron chi connectivity index (χ3n) is 6.67. The van der Waals surface area contributed by atoms with E-state index in [0.29, 0.717) is 22.6 Å². The van der Waals surface area contributed by atoms with Gasteiger partial charge in [0.1, 0.15) is 17.3 Å².